The fraction of sp³-hybridized carbons (Fsp3) is 0.125. The maximum Gasteiger partial charge on any atom is 0.258 e. The largest absolute Gasteiger partial charge is 0.387 e. The molecule has 1 aromatic heterocycles. The number of nitriles is 1. The number of amides is 1. The summed E-state index contributed by atoms with van der Waals surface area (Å²) in [5.74, 6) is 0.0567. The quantitative estimate of drug-likeness (QED) is 0.522. The zero-order valence-electron chi connectivity index (χ0n) is 16.9. The van der Waals surface area contributed by atoms with Gasteiger partial charge in [-0.2, -0.15) is 5.26 Å². The second-order valence-electron chi connectivity index (χ2n) is 7.24. The standard InChI is InChI=1S/C24H21N5O2/c1-28(23(31)18-9-5-6-16(12-18)14-25)19-10-11-21-20(13-19)27-24(26)29(21)15-22(30)17-7-3-2-4-8-17/h2-13,22,30H,15H2,1H3,(H2,26,27)/t22-/m0/s1. The number of rotatable bonds is 5. The molecule has 1 atom stereocenters. The van der Waals surface area contributed by atoms with Gasteiger partial charge in [-0.15, -0.1) is 0 Å². The monoisotopic (exact) mass is 411 g/mol. The summed E-state index contributed by atoms with van der Waals surface area (Å²) >= 11 is 0. The van der Waals surface area contributed by atoms with Crippen LogP contribution in [0.4, 0.5) is 11.6 Å². The molecule has 0 aliphatic carbocycles. The molecule has 4 rings (SSSR count). The Morgan fingerprint density at radius 3 is 2.68 bits per heavy atom. The van der Waals surface area contributed by atoms with Crippen molar-refractivity contribution in [1.82, 2.24) is 9.55 Å². The number of aliphatic hydroxyl groups is 1. The molecule has 1 heterocycles. The second-order valence-corrected chi connectivity index (χ2v) is 7.24. The summed E-state index contributed by atoms with van der Waals surface area (Å²) in [5, 5.41) is 19.6. The van der Waals surface area contributed by atoms with Crippen LogP contribution in [0.15, 0.2) is 72.8 Å². The molecule has 7 heteroatoms. The lowest BCUT2D eigenvalue weighted by Crippen LogP contribution is -2.26. The van der Waals surface area contributed by atoms with Crippen LogP contribution in [-0.4, -0.2) is 27.6 Å². The van der Waals surface area contributed by atoms with Gasteiger partial charge in [0.2, 0.25) is 5.95 Å². The number of fused-ring (bicyclic) bond motifs is 1. The van der Waals surface area contributed by atoms with E-state index >= 15 is 0 Å². The van der Waals surface area contributed by atoms with Gasteiger partial charge in [0.25, 0.3) is 5.91 Å². The molecule has 0 radical (unpaired) electrons. The zero-order chi connectivity index (χ0) is 22.0. The molecule has 0 fully saturated rings. The maximum atomic E-state index is 12.9. The van der Waals surface area contributed by atoms with E-state index in [1.165, 1.54) is 4.90 Å². The van der Waals surface area contributed by atoms with Gasteiger partial charge >= 0.3 is 0 Å². The molecule has 0 aliphatic heterocycles. The molecule has 4 aromatic rings. The Hall–Kier alpha value is -4.15. The average molecular weight is 411 g/mol. The van der Waals surface area contributed by atoms with E-state index < -0.39 is 6.10 Å². The summed E-state index contributed by atoms with van der Waals surface area (Å²) in [6, 6.07) is 23.4. The highest BCUT2D eigenvalue weighted by Crippen LogP contribution is 2.27. The first kappa shape index (κ1) is 20.1. The number of hydrogen-bond acceptors (Lipinski definition) is 5. The van der Waals surface area contributed by atoms with Crippen molar-refractivity contribution in [3.63, 3.8) is 0 Å². The van der Waals surface area contributed by atoms with Crippen molar-refractivity contribution in [2.75, 3.05) is 17.7 Å². The molecular weight excluding hydrogens is 390 g/mol. The molecule has 0 unspecified atom stereocenters. The van der Waals surface area contributed by atoms with Crippen LogP contribution < -0.4 is 10.6 Å². The van der Waals surface area contributed by atoms with Crippen molar-refractivity contribution in [3.05, 3.63) is 89.5 Å². The smallest absolute Gasteiger partial charge is 0.258 e. The van der Waals surface area contributed by atoms with Gasteiger partial charge in [-0.3, -0.25) is 4.79 Å². The van der Waals surface area contributed by atoms with Gasteiger partial charge in [0.05, 0.1) is 35.3 Å². The fourth-order valence-electron chi connectivity index (χ4n) is 3.52. The van der Waals surface area contributed by atoms with Crippen LogP contribution >= 0.6 is 0 Å². The highest BCUT2D eigenvalue weighted by Gasteiger charge is 2.18. The fourth-order valence-corrected chi connectivity index (χ4v) is 3.52. The molecule has 31 heavy (non-hydrogen) atoms. The van der Waals surface area contributed by atoms with Crippen molar-refractivity contribution < 1.29 is 9.90 Å². The number of benzene rings is 3. The number of aliphatic hydroxyl groups excluding tert-OH is 1. The number of nitrogen functional groups attached to an aromatic ring is 1. The number of anilines is 2. The van der Waals surface area contributed by atoms with Crippen LogP contribution in [0.25, 0.3) is 11.0 Å². The van der Waals surface area contributed by atoms with Crippen LogP contribution in [0.3, 0.4) is 0 Å². The van der Waals surface area contributed by atoms with E-state index in [0.29, 0.717) is 22.3 Å². The van der Waals surface area contributed by atoms with Gasteiger partial charge < -0.3 is 20.3 Å². The van der Waals surface area contributed by atoms with E-state index in [1.54, 1.807) is 48.0 Å². The van der Waals surface area contributed by atoms with Gasteiger partial charge in [0.1, 0.15) is 0 Å². The van der Waals surface area contributed by atoms with Crippen LogP contribution in [0, 0.1) is 11.3 Å². The predicted octanol–water partition coefficient (Wildman–Crippen LogP) is 3.50. The number of carbonyl (C=O) groups is 1. The Morgan fingerprint density at radius 2 is 1.94 bits per heavy atom. The molecule has 0 saturated heterocycles. The Bertz CT molecular complexity index is 1290. The Kier molecular flexibility index (Phi) is 5.39. The lowest BCUT2D eigenvalue weighted by atomic mass is 10.1. The summed E-state index contributed by atoms with van der Waals surface area (Å²) < 4.78 is 1.76. The van der Waals surface area contributed by atoms with E-state index in [4.69, 9.17) is 11.0 Å². The third kappa shape index (κ3) is 3.97. The molecule has 3 aromatic carbocycles. The normalized spacial score (nSPS) is 11.8. The van der Waals surface area contributed by atoms with Crippen molar-refractivity contribution in [2.24, 2.45) is 0 Å². The van der Waals surface area contributed by atoms with Crippen LogP contribution in [-0.2, 0) is 6.54 Å². The summed E-state index contributed by atoms with van der Waals surface area (Å²) in [7, 11) is 1.67. The highest BCUT2D eigenvalue weighted by atomic mass is 16.3. The SMILES string of the molecule is CN(C(=O)c1cccc(C#N)c1)c1ccc2c(c1)nc(N)n2C[C@H](O)c1ccccc1. The Morgan fingerprint density at radius 1 is 1.16 bits per heavy atom. The molecule has 0 bridgehead atoms. The summed E-state index contributed by atoms with van der Waals surface area (Å²) in [5.41, 5.74) is 9.81. The third-order valence-corrected chi connectivity index (χ3v) is 5.23. The van der Waals surface area contributed by atoms with Gasteiger partial charge in [-0.25, -0.2) is 4.98 Å². The predicted molar refractivity (Wildman–Crippen MR) is 119 cm³/mol. The number of nitrogens with two attached hydrogens (primary N) is 1. The molecule has 3 N–H and O–H groups in total. The number of aromatic nitrogens is 2. The van der Waals surface area contributed by atoms with Gasteiger partial charge in [-0.1, -0.05) is 36.4 Å². The van der Waals surface area contributed by atoms with Crippen LogP contribution in [0.1, 0.15) is 27.6 Å². The minimum atomic E-state index is -0.725. The first-order valence-electron chi connectivity index (χ1n) is 9.75. The highest BCUT2D eigenvalue weighted by molar-refractivity contribution is 6.06. The molecule has 7 nitrogen and oxygen atoms in total. The molecule has 1 amide bonds. The van der Waals surface area contributed by atoms with E-state index in [2.05, 4.69) is 4.98 Å². The lowest BCUT2D eigenvalue weighted by molar-refractivity contribution is 0.0993. The number of hydrogen-bond donors (Lipinski definition) is 2. The number of nitrogens with zero attached hydrogens (tertiary/aromatic N) is 4. The molecule has 154 valence electrons. The maximum absolute atomic E-state index is 12.9. The van der Waals surface area contributed by atoms with E-state index in [9.17, 15) is 9.90 Å². The van der Waals surface area contributed by atoms with E-state index in [1.807, 2.05) is 42.5 Å². The van der Waals surface area contributed by atoms with Gasteiger partial charge in [0.15, 0.2) is 0 Å². The van der Waals surface area contributed by atoms with Crippen LogP contribution in [0.5, 0.6) is 0 Å². The lowest BCUT2D eigenvalue weighted by Gasteiger charge is -2.18. The topological polar surface area (TPSA) is 108 Å². The summed E-state index contributed by atoms with van der Waals surface area (Å²) in [4.78, 5) is 18.8. The zero-order valence-corrected chi connectivity index (χ0v) is 16.9. The first-order chi connectivity index (χ1) is 15.0. The van der Waals surface area contributed by atoms with E-state index in [-0.39, 0.29) is 18.4 Å². The summed E-state index contributed by atoms with van der Waals surface area (Å²) in [6.07, 6.45) is -0.725. The van der Waals surface area contributed by atoms with Crippen LogP contribution in [0.2, 0.25) is 0 Å². The van der Waals surface area contributed by atoms with Gasteiger partial charge in [-0.05, 0) is 42.0 Å². The Balaban J connectivity index is 1.61. The second kappa shape index (κ2) is 8.30. The molecule has 0 spiro atoms. The molecule has 0 aliphatic rings. The summed E-state index contributed by atoms with van der Waals surface area (Å²) in [6.45, 7) is 0.265. The van der Waals surface area contributed by atoms with Crippen molar-refractivity contribution in [3.8, 4) is 6.07 Å². The van der Waals surface area contributed by atoms with E-state index in [0.717, 1.165) is 11.1 Å². The average Bonchev–Trinajstić information content (AvgIpc) is 3.12. The third-order valence-electron chi connectivity index (χ3n) is 5.23. The molecule has 0 saturated carbocycles. The van der Waals surface area contributed by atoms with Crippen molar-refractivity contribution in [2.45, 2.75) is 12.6 Å². The van der Waals surface area contributed by atoms with Crippen molar-refractivity contribution in [1.29, 1.82) is 5.26 Å². The minimum absolute atomic E-state index is 0.233. The Labute approximate surface area is 179 Å². The number of carbonyl (C=O) groups excluding carboxylic acids is 1. The van der Waals surface area contributed by atoms with Gasteiger partial charge in [0, 0.05) is 18.3 Å². The first-order valence-corrected chi connectivity index (χ1v) is 9.75. The van der Waals surface area contributed by atoms with Crippen molar-refractivity contribution >= 4 is 28.6 Å². The minimum Gasteiger partial charge on any atom is -0.387 e. The molecular formula is C24H21N5O2. The number of imidazole rings is 1.